The summed E-state index contributed by atoms with van der Waals surface area (Å²) < 4.78 is 5.03. The van der Waals surface area contributed by atoms with Crippen LogP contribution in [0.25, 0.3) is 0 Å². The van der Waals surface area contributed by atoms with Crippen LogP contribution in [0.2, 0.25) is 0 Å². The van der Waals surface area contributed by atoms with E-state index in [9.17, 15) is 0 Å². The van der Waals surface area contributed by atoms with Crippen LogP contribution in [0.5, 0.6) is 0 Å². The Bertz CT molecular complexity index is 303. The van der Waals surface area contributed by atoms with Gasteiger partial charge in [-0.15, -0.1) is 0 Å². The number of piperidine rings is 1. The Balaban J connectivity index is 1.82. The van der Waals surface area contributed by atoms with Gasteiger partial charge in [-0.1, -0.05) is 5.16 Å². The van der Waals surface area contributed by atoms with Crippen LogP contribution in [-0.2, 0) is 6.54 Å². The molecule has 84 valence electrons. The number of aryl methyl sites for hydroxylation is 1. The van der Waals surface area contributed by atoms with Crippen molar-refractivity contribution in [2.45, 2.75) is 26.3 Å². The van der Waals surface area contributed by atoms with Gasteiger partial charge in [0.25, 0.3) is 0 Å². The lowest BCUT2D eigenvalue weighted by Crippen LogP contribution is -2.34. The molecule has 0 bridgehead atoms. The minimum Gasteiger partial charge on any atom is -0.396 e. The highest BCUT2D eigenvalue weighted by atomic mass is 16.5. The van der Waals surface area contributed by atoms with E-state index in [1.54, 1.807) is 0 Å². The third-order valence-electron chi connectivity index (χ3n) is 3.03. The first-order valence-electron chi connectivity index (χ1n) is 5.53. The van der Waals surface area contributed by atoms with E-state index in [2.05, 4.69) is 10.1 Å². The van der Waals surface area contributed by atoms with E-state index >= 15 is 0 Å². The second-order valence-corrected chi connectivity index (χ2v) is 4.33. The molecular weight excluding hydrogens is 192 g/mol. The normalized spacial score (nSPS) is 19.6. The molecule has 1 aliphatic rings. The summed E-state index contributed by atoms with van der Waals surface area (Å²) in [7, 11) is 0. The first kappa shape index (κ1) is 10.6. The number of hydrogen-bond donors (Lipinski definition) is 1. The Morgan fingerprint density at radius 3 is 2.80 bits per heavy atom. The molecule has 4 nitrogen and oxygen atoms in total. The Labute approximate surface area is 89.9 Å². The number of aliphatic hydroxyl groups excluding tert-OH is 1. The fraction of sp³-hybridized carbons (Fsp3) is 0.727. The largest absolute Gasteiger partial charge is 0.396 e. The number of likely N-dealkylation sites (tertiary alicyclic amines) is 1. The third kappa shape index (κ3) is 2.79. The van der Waals surface area contributed by atoms with Crippen LogP contribution >= 0.6 is 0 Å². The van der Waals surface area contributed by atoms with E-state index in [1.807, 2.05) is 13.0 Å². The summed E-state index contributed by atoms with van der Waals surface area (Å²) in [6.45, 7) is 5.22. The van der Waals surface area contributed by atoms with Crippen LogP contribution in [0, 0.1) is 12.8 Å². The van der Waals surface area contributed by atoms with Crippen LogP contribution in [-0.4, -0.2) is 34.9 Å². The second kappa shape index (κ2) is 4.77. The molecule has 1 fully saturated rings. The summed E-state index contributed by atoms with van der Waals surface area (Å²) in [5, 5.41) is 13.0. The topological polar surface area (TPSA) is 49.5 Å². The number of nitrogens with zero attached hydrogens (tertiary/aromatic N) is 2. The highest BCUT2D eigenvalue weighted by Gasteiger charge is 2.19. The fourth-order valence-corrected chi connectivity index (χ4v) is 2.05. The maximum Gasteiger partial charge on any atom is 0.133 e. The lowest BCUT2D eigenvalue weighted by atomic mass is 9.98. The molecular formula is C11H18N2O2. The predicted octanol–water partition coefficient (Wildman–Crippen LogP) is 1.19. The molecule has 0 radical (unpaired) electrons. The first-order chi connectivity index (χ1) is 7.28. The molecule has 1 N–H and O–H groups in total. The molecule has 1 aromatic rings. The van der Waals surface area contributed by atoms with Gasteiger partial charge in [-0.05, 0) is 38.8 Å². The summed E-state index contributed by atoms with van der Waals surface area (Å²) in [5.41, 5.74) is 1.01. The number of aromatic nitrogens is 1. The van der Waals surface area contributed by atoms with Gasteiger partial charge in [-0.2, -0.15) is 0 Å². The molecule has 0 saturated carbocycles. The summed E-state index contributed by atoms with van der Waals surface area (Å²) in [6, 6.07) is 1.98. The van der Waals surface area contributed by atoms with E-state index in [4.69, 9.17) is 9.63 Å². The molecule has 15 heavy (non-hydrogen) atoms. The second-order valence-electron chi connectivity index (χ2n) is 4.33. The molecule has 2 heterocycles. The summed E-state index contributed by atoms with van der Waals surface area (Å²) in [5.74, 6) is 1.37. The van der Waals surface area contributed by atoms with Gasteiger partial charge in [0.2, 0.25) is 0 Å². The molecule has 1 aromatic heterocycles. The van der Waals surface area contributed by atoms with Crippen LogP contribution in [0.15, 0.2) is 10.6 Å². The molecule has 0 spiro atoms. The van der Waals surface area contributed by atoms with Crippen molar-refractivity contribution in [3.05, 3.63) is 17.5 Å². The first-order valence-corrected chi connectivity index (χ1v) is 5.53. The van der Waals surface area contributed by atoms with Crippen molar-refractivity contribution >= 4 is 0 Å². The standard InChI is InChI=1S/C11H18N2O2/c1-9-6-11(12-15-9)7-13-4-2-10(8-14)3-5-13/h6,10,14H,2-5,7-8H2,1H3. The van der Waals surface area contributed by atoms with Crippen molar-refractivity contribution in [3.63, 3.8) is 0 Å². The number of hydrogen-bond acceptors (Lipinski definition) is 4. The average Bonchev–Trinajstić information content (AvgIpc) is 2.65. The molecule has 1 saturated heterocycles. The Morgan fingerprint density at radius 1 is 1.53 bits per heavy atom. The van der Waals surface area contributed by atoms with Gasteiger partial charge in [-0.25, -0.2) is 0 Å². The van der Waals surface area contributed by atoms with Gasteiger partial charge in [-0.3, -0.25) is 4.90 Å². The van der Waals surface area contributed by atoms with Crippen molar-refractivity contribution in [3.8, 4) is 0 Å². The quantitative estimate of drug-likeness (QED) is 0.814. The van der Waals surface area contributed by atoms with Crippen LogP contribution < -0.4 is 0 Å². The van der Waals surface area contributed by atoms with Gasteiger partial charge >= 0.3 is 0 Å². The van der Waals surface area contributed by atoms with Crippen molar-refractivity contribution in [1.29, 1.82) is 0 Å². The van der Waals surface area contributed by atoms with Crippen molar-refractivity contribution in [2.24, 2.45) is 5.92 Å². The zero-order valence-electron chi connectivity index (χ0n) is 9.15. The van der Waals surface area contributed by atoms with E-state index in [0.717, 1.165) is 43.9 Å². The molecule has 1 aliphatic heterocycles. The highest BCUT2D eigenvalue weighted by Crippen LogP contribution is 2.18. The zero-order valence-corrected chi connectivity index (χ0v) is 9.15. The Morgan fingerprint density at radius 2 is 2.27 bits per heavy atom. The predicted molar refractivity (Wildman–Crippen MR) is 56.3 cm³/mol. The molecule has 2 rings (SSSR count). The van der Waals surface area contributed by atoms with Crippen LogP contribution in [0.4, 0.5) is 0 Å². The van der Waals surface area contributed by atoms with Crippen molar-refractivity contribution < 1.29 is 9.63 Å². The summed E-state index contributed by atoms with van der Waals surface area (Å²) in [6.07, 6.45) is 2.18. The zero-order chi connectivity index (χ0) is 10.7. The molecule has 4 heteroatoms. The lowest BCUT2D eigenvalue weighted by Gasteiger charge is -2.30. The number of rotatable bonds is 3. The van der Waals surface area contributed by atoms with E-state index in [0.29, 0.717) is 12.5 Å². The van der Waals surface area contributed by atoms with Gasteiger partial charge in [0.05, 0.1) is 5.69 Å². The average molecular weight is 210 g/mol. The minimum atomic E-state index is 0.330. The molecule has 0 amide bonds. The van der Waals surface area contributed by atoms with E-state index in [-0.39, 0.29) is 0 Å². The maximum atomic E-state index is 9.02. The minimum absolute atomic E-state index is 0.330. The van der Waals surface area contributed by atoms with Gasteiger partial charge in [0, 0.05) is 19.2 Å². The van der Waals surface area contributed by atoms with Crippen LogP contribution in [0.3, 0.4) is 0 Å². The van der Waals surface area contributed by atoms with E-state index < -0.39 is 0 Å². The van der Waals surface area contributed by atoms with Crippen LogP contribution in [0.1, 0.15) is 24.3 Å². The monoisotopic (exact) mass is 210 g/mol. The van der Waals surface area contributed by atoms with E-state index in [1.165, 1.54) is 0 Å². The maximum absolute atomic E-state index is 9.02. The molecule has 0 aliphatic carbocycles. The Kier molecular flexibility index (Phi) is 3.38. The Hall–Kier alpha value is -0.870. The summed E-state index contributed by atoms with van der Waals surface area (Å²) >= 11 is 0. The van der Waals surface area contributed by atoms with Gasteiger partial charge in [0.1, 0.15) is 5.76 Å². The molecule has 0 aromatic carbocycles. The lowest BCUT2D eigenvalue weighted by molar-refractivity contribution is 0.125. The SMILES string of the molecule is Cc1cc(CN2CCC(CO)CC2)no1. The summed E-state index contributed by atoms with van der Waals surface area (Å²) in [4.78, 5) is 2.36. The fourth-order valence-electron chi connectivity index (χ4n) is 2.05. The van der Waals surface area contributed by atoms with Crippen molar-refractivity contribution in [1.82, 2.24) is 10.1 Å². The highest BCUT2D eigenvalue weighted by molar-refractivity contribution is 5.03. The van der Waals surface area contributed by atoms with Gasteiger partial charge < -0.3 is 9.63 Å². The molecule has 0 atom stereocenters. The number of aliphatic hydroxyl groups is 1. The molecule has 0 unspecified atom stereocenters. The smallest absolute Gasteiger partial charge is 0.133 e. The van der Waals surface area contributed by atoms with Crippen molar-refractivity contribution in [2.75, 3.05) is 19.7 Å². The van der Waals surface area contributed by atoms with Gasteiger partial charge in [0.15, 0.2) is 0 Å². The third-order valence-corrected chi connectivity index (χ3v) is 3.03.